The standard InChI is InChI=1S/C22H44O4Si2/c1-17(25-27(8,9)21(2,3)4)15-19(26-28(10,11)22(5,6)7)16-18-13-12-14-20(23)24-18/h12,14,17-19H,13,15-16H2,1-11H3/t17-,18+,19-/m0/s1. The third-order valence-corrected chi connectivity index (χ3v) is 15.8. The minimum atomic E-state index is -1.93. The van der Waals surface area contributed by atoms with Crippen LogP contribution in [0.15, 0.2) is 12.2 Å². The van der Waals surface area contributed by atoms with Crippen molar-refractivity contribution >= 4 is 22.6 Å². The summed E-state index contributed by atoms with van der Waals surface area (Å²) in [6, 6.07) is 0. The van der Waals surface area contributed by atoms with Gasteiger partial charge in [0.15, 0.2) is 16.6 Å². The van der Waals surface area contributed by atoms with Gasteiger partial charge in [0.25, 0.3) is 0 Å². The number of rotatable bonds is 8. The molecule has 0 aliphatic carbocycles. The van der Waals surface area contributed by atoms with Crippen LogP contribution in [0.1, 0.15) is 67.7 Å². The van der Waals surface area contributed by atoms with E-state index >= 15 is 0 Å². The first kappa shape index (κ1) is 25.6. The number of carbonyl (C=O) groups is 1. The second kappa shape index (κ2) is 9.15. The average Bonchev–Trinajstić information content (AvgIpc) is 2.43. The summed E-state index contributed by atoms with van der Waals surface area (Å²) in [5.74, 6) is -0.243. The highest BCUT2D eigenvalue weighted by atomic mass is 28.4. The second-order valence-corrected chi connectivity index (χ2v) is 20.9. The van der Waals surface area contributed by atoms with Crippen molar-refractivity contribution in [3.05, 3.63) is 12.2 Å². The number of esters is 1. The molecule has 28 heavy (non-hydrogen) atoms. The van der Waals surface area contributed by atoms with Gasteiger partial charge in [-0.15, -0.1) is 0 Å². The summed E-state index contributed by atoms with van der Waals surface area (Å²) >= 11 is 0. The van der Waals surface area contributed by atoms with Crippen molar-refractivity contribution in [3.63, 3.8) is 0 Å². The highest BCUT2D eigenvalue weighted by molar-refractivity contribution is 6.74. The van der Waals surface area contributed by atoms with Gasteiger partial charge < -0.3 is 13.6 Å². The van der Waals surface area contributed by atoms with Crippen molar-refractivity contribution in [1.82, 2.24) is 0 Å². The lowest BCUT2D eigenvalue weighted by atomic mass is 10.0. The van der Waals surface area contributed by atoms with Gasteiger partial charge in [0.2, 0.25) is 0 Å². The maximum atomic E-state index is 11.7. The molecule has 6 heteroatoms. The maximum Gasteiger partial charge on any atom is 0.330 e. The lowest BCUT2D eigenvalue weighted by Crippen LogP contribution is -2.47. The molecule has 3 atom stereocenters. The van der Waals surface area contributed by atoms with Crippen LogP contribution in [-0.2, 0) is 18.4 Å². The minimum Gasteiger partial charge on any atom is -0.459 e. The number of hydrogen-bond acceptors (Lipinski definition) is 4. The Morgan fingerprint density at radius 2 is 1.54 bits per heavy atom. The zero-order valence-electron chi connectivity index (χ0n) is 20.1. The van der Waals surface area contributed by atoms with E-state index in [1.54, 1.807) is 0 Å². The average molecular weight is 429 g/mol. The molecule has 0 spiro atoms. The third kappa shape index (κ3) is 7.43. The fourth-order valence-electron chi connectivity index (χ4n) is 2.89. The quantitative estimate of drug-likeness (QED) is 0.329. The van der Waals surface area contributed by atoms with E-state index in [1.165, 1.54) is 6.08 Å². The Hall–Kier alpha value is -0.436. The van der Waals surface area contributed by atoms with E-state index in [1.807, 2.05) is 6.08 Å². The predicted molar refractivity (Wildman–Crippen MR) is 123 cm³/mol. The van der Waals surface area contributed by atoms with Crippen molar-refractivity contribution in [1.29, 1.82) is 0 Å². The molecule has 0 radical (unpaired) electrons. The van der Waals surface area contributed by atoms with Crippen LogP contribution in [0, 0.1) is 0 Å². The Bertz CT molecular complexity index is 556. The molecule has 0 aromatic heterocycles. The van der Waals surface area contributed by atoms with Gasteiger partial charge in [0, 0.05) is 25.0 Å². The molecule has 1 rings (SSSR count). The Morgan fingerprint density at radius 1 is 1.04 bits per heavy atom. The van der Waals surface area contributed by atoms with Crippen molar-refractivity contribution in [3.8, 4) is 0 Å². The number of carbonyl (C=O) groups excluding carboxylic acids is 1. The van der Waals surface area contributed by atoms with Crippen LogP contribution in [0.3, 0.4) is 0 Å². The summed E-state index contributed by atoms with van der Waals surface area (Å²) in [6.45, 7) is 24.9. The van der Waals surface area contributed by atoms with Crippen LogP contribution in [-0.4, -0.2) is 40.9 Å². The molecule has 0 saturated heterocycles. The molecule has 0 amide bonds. The molecule has 0 N–H and O–H groups in total. The van der Waals surface area contributed by atoms with Crippen LogP contribution < -0.4 is 0 Å². The predicted octanol–water partition coefficient (Wildman–Crippen LogP) is 6.44. The Labute approximate surface area is 175 Å². The van der Waals surface area contributed by atoms with E-state index < -0.39 is 16.6 Å². The maximum absolute atomic E-state index is 11.7. The largest absolute Gasteiger partial charge is 0.459 e. The normalized spacial score (nSPS) is 21.4. The van der Waals surface area contributed by atoms with Crippen LogP contribution in [0.5, 0.6) is 0 Å². The van der Waals surface area contributed by atoms with Gasteiger partial charge in [-0.05, 0) is 49.6 Å². The second-order valence-electron chi connectivity index (χ2n) is 11.4. The van der Waals surface area contributed by atoms with E-state index in [-0.39, 0.29) is 34.4 Å². The first-order valence-electron chi connectivity index (χ1n) is 10.7. The number of cyclic esters (lactones) is 1. The smallest absolute Gasteiger partial charge is 0.330 e. The molecule has 0 aromatic carbocycles. The Kier molecular flexibility index (Phi) is 8.36. The number of ether oxygens (including phenoxy) is 1. The Balaban J connectivity index is 2.90. The van der Waals surface area contributed by atoms with Crippen LogP contribution in [0.2, 0.25) is 36.3 Å². The molecule has 1 aliphatic heterocycles. The van der Waals surface area contributed by atoms with Gasteiger partial charge in [-0.1, -0.05) is 47.6 Å². The van der Waals surface area contributed by atoms with E-state index in [2.05, 4.69) is 74.7 Å². The summed E-state index contributed by atoms with van der Waals surface area (Å²) in [4.78, 5) is 11.7. The van der Waals surface area contributed by atoms with Crippen molar-refractivity contribution in [2.24, 2.45) is 0 Å². The van der Waals surface area contributed by atoms with Gasteiger partial charge >= 0.3 is 5.97 Å². The van der Waals surface area contributed by atoms with Crippen molar-refractivity contribution in [2.45, 2.75) is 122 Å². The van der Waals surface area contributed by atoms with E-state index in [0.717, 1.165) is 19.3 Å². The van der Waals surface area contributed by atoms with E-state index in [9.17, 15) is 4.79 Å². The van der Waals surface area contributed by atoms with Crippen molar-refractivity contribution in [2.75, 3.05) is 0 Å². The zero-order chi connectivity index (χ0) is 22.0. The van der Waals surface area contributed by atoms with Gasteiger partial charge in [-0.25, -0.2) is 4.79 Å². The van der Waals surface area contributed by atoms with Crippen molar-refractivity contribution < 1.29 is 18.4 Å². The fraction of sp³-hybridized carbons (Fsp3) is 0.864. The first-order valence-corrected chi connectivity index (χ1v) is 16.5. The van der Waals surface area contributed by atoms with E-state index in [4.69, 9.17) is 13.6 Å². The van der Waals surface area contributed by atoms with Gasteiger partial charge in [0.05, 0.1) is 6.10 Å². The topological polar surface area (TPSA) is 44.8 Å². The highest BCUT2D eigenvalue weighted by Crippen LogP contribution is 2.40. The Morgan fingerprint density at radius 3 is 2.00 bits per heavy atom. The van der Waals surface area contributed by atoms with E-state index in [0.29, 0.717) is 0 Å². The molecule has 0 aromatic rings. The summed E-state index contributed by atoms with van der Waals surface area (Å²) in [5, 5.41) is 0.318. The third-order valence-electron chi connectivity index (χ3n) is 6.63. The summed E-state index contributed by atoms with van der Waals surface area (Å²) < 4.78 is 18.9. The zero-order valence-corrected chi connectivity index (χ0v) is 22.1. The van der Waals surface area contributed by atoms with Crippen LogP contribution in [0.4, 0.5) is 0 Å². The molecule has 1 aliphatic rings. The molecule has 164 valence electrons. The van der Waals surface area contributed by atoms with Crippen LogP contribution in [0.25, 0.3) is 0 Å². The molecule has 0 saturated carbocycles. The highest BCUT2D eigenvalue weighted by Gasteiger charge is 2.42. The molecular weight excluding hydrogens is 384 g/mol. The molecule has 0 bridgehead atoms. The molecule has 4 nitrogen and oxygen atoms in total. The first-order chi connectivity index (χ1) is 12.4. The monoisotopic (exact) mass is 428 g/mol. The lowest BCUT2D eigenvalue weighted by Gasteiger charge is -2.42. The number of hydrogen-bond donors (Lipinski definition) is 0. The van der Waals surface area contributed by atoms with Crippen LogP contribution >= 0.6 is 0 Å². The molecule has 0 fully saturated rings. The molecular formula is C22H44O4Si2. The molecule has 0 unspecified atom stereocenters. The summed E-state index contributed by atoms with van der Waals surface area (Å²) in [6.07, 6.45) is 5.80. The summed E-state index contributed by atoms with van der Waals surface area (Å²) in [7, 11) is -3.77. The minimum absolute atomic E-state index is 0.0324. The van der Waals surface area contributed by atoms with Gasteiger partial charge in [-0.3, -0.25) is 0 Å². The lowest BCUT2D eigenvalue weighted by molar-refractivity contribution is -0.145. The fourth-order valence-corrected chi connectivity index (χ4v) is 5.72. The van der Waals surface area contributed by atoms with Gasteiger partial charge in [0.1, 0.15) is 6.10 Å². The van der Waals surface area contributed by atoms with Gasteiger partial charge in [-0.2, -0.15) is 0 Å². The SMILES string of the molecule is C[C@@H](C[C@@H](C[C@H]1CC=CC(=O)O1)O[Si](C)(C)C(C)(C)C)O[Si](C)(C)C(C)(C)C. The summed E-state index contributed by atoms with van der Waals surface area (Å²) in [5.41, 5.74) is 0. The molecule has 1 heterocycles.